The summed E-state index contributed by atoms with van der Waals surface area (Å²) in [7, 11) is 3.78. The molecule has 1 fully saturated rings. The van der Waals surface area contributed by atoms with E-state index in [2.05, 4.69) is 32.1 Å². The van der Waals surface area contributed by atoms with E-state index >= 15 is 0 Å². The van der Waals surface area contributed by atoms with Crippen molar-refractivity contribution >= 4 is 17.8 Å². The minimum absolute atomic E-state index is 0.259. The smallest absolute Gasteiger partial charge is 0.231 e. The van der Waals surface area contributed by atoms with Gasteiger partial charge in [-0.25, -0.2) is 0 Å². The van der Waals surface area contributed by atoms with Gasteiger partial charge >= 0.3 is 0 Å². The number of nitrogens with one attached hydrogen (secondary N) is 1. The van der Waals surface area contributed by atoms with Gasteiger partial charge in [0.2, 0.25) is 17.8 Å². The molecule has 1 aliphatic heterocycles. The maximum Gasteiger partial charge on any atom is 0.231 e. The number of likely N-dealkylation sites (tertiary alicyclic amines) is 1. The van der Waals surface area contributed by atoms with Crippen molar-refractivity contribution in [3.63, 3.8) is 0 Å². The van der Waals surface area contributed by atoms with Crippen LogP contribution in [0.4, 0.5) is 17.8 Å². The number of rotatable bonds is 5. The Morgan fingerprint density at radius 1 is 1.25 bits per heavy atom. The van der Waals surface area contributed by atoms with E-state index in [4.69, 9.17) is 5.73 Å². The Hall–Kier alpha value is -1.63. The van der Waals surface area contributed by atoms with E-state index in [1.807, 2.05) is 19.0 Å². The van der Waals surface area contributed by atoms with Gasteiger partial charge in [-0.3, -0.25) is 0 Å². The van der Waals surface area contributed by atoms with Gasteiger partial charge in [0.1, 0.15) is 0 Å². The zero-order valence-corrected chi connectivity index (χ0v) is 12.6. The molecule has 2 heterocycles. The molecule has 0 unspecified atom stereocenters. The predicted molar refractivity (Wildman–Crippen MR) is 81.9 cm³/mol. The van der Waals surface area contributed by atoms with Crippen molar-refractivity contribution in [2.45, 2.75) is 32.2 Å². The molecule has 1 saturated heterocycles. The number of hydrogen-bond acceptors (Lipinski definition) is 7. The van der Waals surface area contributed by atoms with Crippen LogP contribution < -0.4 is 16.0 Å². The second kappa shape index (κ2) is 6.69. The SMILES string of the molecule is CCCN1CCC(Nc2nc(N)nc(N(C)C)n2)CC1. The molecule has 0 aromatic carbocycles. The third-order valence-electron chi connectivity index (χ3n) is 3.50. The highest BCUT2D eigenvalue weighted by Crippen LogP contribution is 2.16. The van der Waals surface area contributed by atoms with E-state index in [1.54, 1.807) is 0 Å². The van der Waals surface area contributed by atoms with Crippen LogP contribution in [-0.4, -0.2) is 59.6 Å². The molecule has 1 aromatic heterocycles. The van der Waals surface area contributed by atoms with Crippen molar-refractivity contribution in [2.75, 3.05) is 49.7 Å². The number of hydrogen-bond donors (Lipinski definition) is 2. The Morgan fingerprint density at radius 3 is 2.55 bits per heavy atom. The number of aromatic nitrogens is 3. The van der Waals surface area contributed by atoms with Gasteiger partial charge in [0.05, 0.1) is 0 Å². The maximum atomic E-state index is 5.73. The van der Waals surface area contributed by atoms with Gasteiger partial charge in [-0.05, 0) is 25.8 Å². The lowest BCUT2D eigenvalue weighted by molar-refractivity contribution is 0.219. The molecule has 1 aromatic rings. The van der Waals surface area contributed by atoms with Crippen LogP contribution in [-0.2, 0) is 0 Å². The summed E-state index contributed by atoms with van der Waals surface area (Å²) >= 11 is 0. The van der Waals surface area contributed by atoms with Crippen molar-refractivity contribution in [1.29, 1.82) is 0 Å². The van der Waals surface area contributed by atoms with Gasteiger partial charge < -0.3 is 20.9 Å². The lowest BCUT2D eigenvalue weighted by atomic mass is 10.1. The lowest BCUT2D eigenvalue weighted by Crippen LogP contribution is -2.39. The quantitative estimate of drug-likeness (QED) is 0.825. The van der Waals surface area contributed by atoms with Gasteiger partial charge in [0, 0.05) is 33.2 Å². The molecule has 7 heteroatoms. The first-order chi connectivity index (χ1) is 9.58. The monoisotopic (exact) mass is 279 g/mol. The van der Waals surface area contributed by atoms with Crippen LogP contribution in [0.2, 0.25) is 0 Å². The summed E-state index contributed by atoms with van der Waals surface area (Å²) in [4.78, 5) is 17.0. The standard InChI is InChI=1S/C13H25N7/c1-4-7-20-8-5-10(6-9-20)15-12-16-11(14)17-13(18-12)19(2)3/h10H,4-9H2,1-3H3,(H3,14,15,16,17,18). The van der Waals surface area contributed by atoms with Crippen molar-refractivity contribution in [3.05, 3.63) is 0 Å². The first kappa shape index (κ1) is 14.8. The number of nitrogen functional groups attached to an aromatic ring is 1. The zero-order valence-electron chi connectivity index (χ0n) is 12.6. The van der Waals surface area contributed by atoms with Crippen LogP contribution >= 0.6 is 0 Å². The Kier molecular flexibility index (Phi) is 4.94. The number of anilines is 3. The van der Waals surface area contributed by atoms with Crippen molar-refractivity contribution in [2.24, 2.45) is 0 Å². The van der Waals surface area contributed by atoms with Crippen LogP contribution in [0.5, 0.6) is 0 Å². The third-order valence-corrected chi connectivity index (χ3v) is 3.50. The summed E-state index contributed by atoms with van der Waals surface area (Å²) < 4.78 is 0. The second-order valence-corrected chi connectivity index (χ2v) is 5.47. The van der Waals surface area contributed by atoms with Gasteiger partial charge in [-0.2, -0.15) is 15.0 Å². The van der Waals surface area contributed by atoms with E-state index in [0.717, 1.165) is 25.9 Å². The van der Waals surface area contributed by atoms with Crippen LogP contribution in [0, 0.1) is 0 Å². The van der Waals surface area contributed by atoms with E-state index in [0.29, 0.717) is 17.9 Å². The Morgan fingerprint density at radius 2 is 1.95 bits per heavy atom. The fraction of sp³-hybridized carbons (Fsp3) is 0.769. The molecule has 20 heavy (non-hydrogen) atoms. The Balaban J connectivity index is 1.94. The number of nitrogens with zero attached hydrogens (tertiary/aromatic N) is 5. The predicted octanol–water partition coefficient (Wildman–Crippen LogP) is 0.806. The second-order valence-electron chi connectivity index (χ2n) is 5.47. The van der Waals surface area contributed by atoms with Crippen molar-refractivity contribution in [3.8, 4) is 0 Å². The molecule has 1 aliphatic rings. The van der Waals surface area contributed by atoms with E-state index in [-0.39, 0.29) is 5.95 Å². The Bertz CT molecular complexity index is 427. The molecular formula is C13H25N7. The first-order valence-corrected chi connectivity index (χ1v) is 7.26. The lowest BCUT2D eigenvalue weighted by Gasteiger charge is -2.32. The van der Waals surface area contributed by atoms with Crippen molar-refractivity contribution in [1.82, 2.24) is 19.9 Å². The van der Waals surface area contributed by atoms with Crippen LogP contribution in [0.15, 0.2) is 0 Å². The molecule has 3 N–H and O–H groups in total. The molecule has 0 aliphatic carbocycles. The number of nitrogens with two attached hydrogens (primary N) is 1. The van der Waals surface area contributed by atoms with E-state index < -0.39 is 0 Å². The highest BCUT2D eigenvalue weighted by molar-refractivity contribution is 5.41. The molecule has 2 rings (SSSR count). The average molecular weight is 279 g/mol. The highest BCUT2D eigenvalue weighted by Gasteiger charge is 2.19. The first-order valence-electron chi connectivity index (χ1n) is 7.26. The van der Waals surface area contributed by atoms with Gasteiger partial charge in [0.15, 0.2) is 0 Å². The normalized spacial score (nSPS) is 17.1. The summed E-state index contributed by atoms with van der Waals surface area (Å²) in [5.74, 6) is 1.42. The van der Waals surface area contributed by atoms with E-state index in [9.17, 15) is 0 Å². The molecule has 0 amide bonds. The summed E-state index contributed by atoms with van der Waals surface area (Å²) in [6, 6.07) is 0.417. The zero-order chi connectivity index (χ0) is 14.5. The minimum Gasteiger partial charge on any atom is -0.368 e. The minimum atomic E-state index is 0.259. The summed E-state index contributed by atoms with van der Waals surface area (Å²) in [6.45, 7) is 5.68. The average Bonchev–Trinajstić information content (AvgIpc) is 2.40. The van der Waals surface area contributed by atoms with Crippen molar-refractivity contribution < 1.29 is 0 Å². The number of piperidine rings is 1. The molecular weight excluding hydrogens is 254 g/mol. The van der Waals surface area contributed by atoms with E-state index in [1.165, 1.54) is 13.0 Å². The summed E-state index contributed by atoms with van der Waals surface area (Å²) in [5.41, 5.74) is 5.73. The van der Waals surface area contributed by atoms with Gasteiger partial charge in [-0.1, -0.05) is 6.92 Å². The molecule has 0 atom stereocenters. The molecule has 7 nitrogen and oxygen atoms in total. The molecule has 0 saturated carbocycles. The molecule has 0 bridgehead atoms. The van der Waals surface area contributed by atoms with Crippen LogP contribution in [0.3, 0.4) is 0 Å². The topological polar surface area (TPSA) is 83.2 Å². The maximum absolute atomic E-state index is 5.73. The fourth-order valence-electron chi connectivity index (χ4n) is 2.44. The highest BCUT2D eigenvalue weighted by atomic mass is 15.3. The fourth-order valence-corrected chi connectivity index (χ4v) is 2.44. The summed E-state index contributed by atoms with van der Waals surface area (Å²) in [5, 5.41) is 3.38. The molecule has 0 radical (unpaired) electrons. The largest absolute Gasteiger partial charge is 0.368 e. The summed E-state index contributed by atoms with van der Waals surface area (Å²) in [6.07, 6.45) is 3.44. The van der Waals surface area contributed by atoms with Crippen LogP contribution in [0.1, 0.15) is 26.2 Å². The Labute approximate surface area is 120 Å². The van der Waals surface area contributed by atoms with Gasteiger partial charge in [0.25, 0.3) is 0 Å². The molecule has 112 valence electrons. The molecule has 0 spiro atoms. The third kappa shape index (κ3) is 3.93. The van der Waals surface area contributed by atoms with Gasteiger partial charge in [-0.15, -0.1) is 0 Å². The van der Waals surface area contributed by atoms with Crippen LogP contribution in [0.25, 0.3) is 0 Å².